The molecule has 1 N–H and O–H groups in total. The zero-order valence-electron chi connectivity index (χ0n) is 9.67. The maximum Gasteiger partial charge on any atom is 0.416 e. The predicted octanol–water partition coefficient (Wildman–Crippen LogP) is 4.69. The van der Waals surface area contributed by atoms with Crippen molar-refractivity contribution in [3.63, 3.8) is 0 Å². The van der Waals surface area contributed by atoms with Gasteiger partial charge in [-0.05, 0) is 42.5 Å². The van der Waals surface area contributed by atoms with Crippen LogP contribution in [0.1, 0.15) is 42.9 Å². The van der Waals surface area contributed by atoms with Gasteiger partial charge in [-0.1, -0.05) is 28.8 Å². The normalized spacial score (nSPS) is 19.2. The first-order valence-electron chi connectivity index (χ1n) is 5.94. The molecule has 1 aromatic carbocycles. The van der Waals surface area contributed by atoms with E-state index in [4.69, 9.17) is 0 Å². The zero-order chi connectivity index (χ0) is 13.3. The Morgan fingerprint density at radius 2 is 1.83 bits per heavy atom. The highest BCUT2D eigenvalue weighted by molar-refractivity contribution is 9.10. The average molecular weight is 323 g/mol. The van der Waals surface area contributed by atoms with Gasteiger partial charge in [0.1, 0.15) is 0 Å². The standard InChI is InChI=1S/C13H14BrF3O/c14-11-6-5-9(13(15,16)17)7-10(11)12(18)8-3-1-2-4-8/h5-8,12,18H,1-4H2. The third kappa shape index (κ3) is 2.88. The van der Waals surface area contributed by atoms with Crippen LogP contribution in [0.4, 0.5) is 13.2 Å². The zero-order valence-corrected chi connectivity index (χ0v) is 11.3. The molecule has 1 atom stereocenters. The van der Waals surface area contributed by atoms with E-state index in [1.807, 2.05) is 0 Å². The Kier molecular flexibility index (Phi) is 4.02. The van der Waals surface area contributed by atoms with E-state index < -0.39 is 17.8 Å². The summed E-state index contributed by atoms with van der Waals surface area (Å²) < 4.78 is 38.5. The summed E-state index contributed by atoms with van der Waals surface area (Å²) in [7, 11) is 0. The van der Waals surface area contributed by atoms with E-state index in [-0.39, 0.29) is 5.92 Å². The van der Waals surface area contributed by atoms with Crippen molar-refractivity contribution in [1.82, 2.24) is 0 Å². The van der Waals surface area contributed by atoms with Gasteiger partial charge in [0.05, 0.1) is 11.7 Å². The van der Waals surface area contributed by atoms with Crippen molar-refractivity contribution in [2.45, 2.75) is 38.0 Å². The molecule has 0 amide bonds. The highest BCUT2D eigenvalue weighted by Crippen LogP contribution is 2.40. The van der Waals surface area contributed by atoms with Crippen molar-refractivity contribution in [2.24, 2.45) is 5.92 Å². The maximum atomic E-state index is 12.6. The van der Waals surface area contributed by atoms with Gasteiger partial charge in [-0.2, -0.15) is 13.2 Å². The molecule has 0 bridgehead atoms. The molecule has 0 heterocycles. The van der Waals surface area contributed by atoms with Crippen molar-refractivity contribution in [1.29, 1.82) is 0 Å². The summed E-state index contributed by atoms with van der Waals surface area (Å²) in [6.45, 7) is 0. The van der Waals surface area contributed by atoms with Crippen molar-refractivity contribution >= 4 is 15.9 Å². The summed E-state index contributed by atoms with van der Waals surface area (Å²) in [5, 5.41) is 10.2. The lowest BCUT2D eigenvalue weighted by atomic mass is 9.93. The van der Waals surface area contributed by atoms with E-state index in [1.54, 1.807) is 0 Å². The lowest BCUT2D eigenvalue weighted by Gasteiger charge is -2.20. The van der Waals surface area contributed by atoms with E-state index >= 15 is 0 Å². The minimum Gasteiger partial charge on any atom is -0.388 e. The van der Waals surface area contributed by atoms with Gasteiger partial charge >= 0.3 is 6.18 Å². The number of halogens is 4. The molecule has 1 aliphatic carbocycles. The summed E-state index contributed by atoms with van der Waals surface area (Å²) in [4.78, 5) is 0. The Bertz CT molecular complexity index is 425. The molecule has 2 rings (SSSR count). The molecule has 100 valence electrons. The molecule has 0 aliphatic heterocycles. The second-order valence-corrected chi connectivity index (χ2v) is 5.58. The molecular weight excluding hydrogens is 309 g/mol. The first-order valence-corrected chi connectivity index (χ1v) is 6.73. The van der Waals surface area contributed by atoms with Gasteiger partial charge in [-0.15, -0.1) is 0 Å². The average Bonchev–Trinajstić information content (AvgIpc) is 2.80. The van der Waals surface area contributed by atoms with Gasteiger partial charge < -0.3 is 5.11 Å². The van der Waals surface area contributed by atoms with Crippen LogP contribution in [0.5, 0.6) is 0 Å². The van der Waals surface area contributed by atoms with Crippen LogP contribution in [0.3, 0.4) is 0 Å². The van der Waals surface area contributed by atoms with Crippen LogP contribution < -0.4 is 0 Å². The molecule has 18 heavy (non-hydrogen) atoms. The molecule has 0 aromatic heterocycles. The summed E-state index contributed by atoms with van der Waals surface area (Å²) in [5.74, 6) is 0.0739. The van der Waals surface area contributed by atoms with Crippen LogP contribution in [0, 0.1) is 5.92 Å². The Morgan fingerprint density at radius 3 is 2.39 bits per heavy atom. The maximum absolute atomic E-state index is 12.6. The fourth-order valence-corrected chi connectivity index (χ4v) is 2.95. The van der Waals surface area contributed by atoms with Crippen LogP contribution in [-0.2, 0) is 6.18 Å². The van der Waals surface area contributed by atoms with Gasteiger partial charge in [0, 0.05) is 4.47 Å². The van der Waals surface area contributed by atoms with Crippen molar-refractivity contribution in [3.05, 3.63) is 33.8 Å². The Balaban J connectivity index is 2.31. The monoisotopic (exact) mass is 322 g/mol. The summed E-state index contributed by atoms with van der Waals surface area (Å²) >= 11 is 3.22. The highest BCUT2D eigenvalue weighted by Gasteiger charge is 2.33. The largest absolute Gasteiger partial charge is 0.416 e. The summed E-state index contributed by atoms with van der Waals surface area (Å²) in [6.07, 6.45) is -1.35. The number of benzene rings is 1. The smallest absolute Gasteiger partial charge is 0.388 e. The third-order valence-electron chi connectivity index (χ3n) is 3.49. The highest BCUT2D eigenvalue weighted by atomic mass is 79.9. The summed E-state index contributed by atoms with van der Waals surface area (Å²) in [5.41, 5.74) is -0.366. The van der Waals surface area contributed by atoms with Gasteiger partial charge in [-0.3, -0.25) is 0 Å². The SMILES string of the molecule is OC(c1cc(C(F)(F)F)ccc1Br)C1CCCC1. The number of rotatable bonds is 2. The second-order valence-electron chi connectivity index (χ2n) is 4.72. The molecule has 1 aromatic rings. The molecule has 1 nitrogen and oxygen atoms in total. The second kappa shape index (κ2) is 5.21. The van der Waals surface area contributed by atoms with Crippen molar-refractivity contribution in [3.8, 4) is 0 Å². The van der Waals surface area contributed by atoms with E-state index in [0.717, 1.165) is 37.8 Å². The summed E-state index contributed by atoms with van der Waals surface area (Å²) in [6, 6.07) is 3.43. The van der Waals surface area contributed by atoms with Crippen molar-refractivity contribution < 1.29 is 18.3 Å². The quantitative estimate of drug-likeness (QED) is 0.837. The van der Waals surface area contributed by atoms with Crippen LogP contribution >= 0.6 is 15.9 Å². The molecule has 5 heteroatoms. The lowest BCUT2D eigenvalue weighted by molar-refractivity contribution is -0.137. The minimum absolute atomic E-state index is 0.0739. The van der Waals surface area contributed by atoms with Crippen LogP contribution in [0.2, 0.25) is 0 Å². The molecule has 1 saturated carbocycles. The number of aliphatic hydroxyl groups is 1. The van der Waals surface area contributed by atoms with Gasteiger partial charge in [0.25, 0.3) is 0 Å². The van der Waals surface area contributed by atoms with Gasteiger partial charge in [0.2, 0.25) is 0 Å². The van der Waals surface area contributed by atoms with E-state index in [9.17, 15) is 18.3 Å². The molecule has 0 saturated heterocycles. The predicted molar refractivity (Wildman–Crippen MR) is 66.1 cm³/mol. The Morgan fingerprint density at radius 1 is 1.22 bits per heavy atom. The first kappa shape index (κ1) is 13.9. The number of alkyl halides is 3. The van der Waals surface area contributed by atoms with Crippen LogP contribution in [0.15, 0.2) is 22.7 Å². The molecule has 0 radical (unpaired) electrons. The van der Waals surface area contributed by atoms with E-state index in [1.165, 1.54) is 6.07 Å². The number of hydrogen-bond donors (Lipinski definition) is 1. The third-order valence-corrected chi connectivity index (χ3v) is 4.21. The van der Waals surface area contributed by atoms with Crippen LogP contribution in [0.25, 0.3) is 0 Å². The lowest BCUT2D eigenvalue weighted by Crippen LogP contribution is -2.12. The fraction of sp³-hybridized carbons (Fsp3) is 0.538. The van der Waals surface area contributed by atoms with E-state index in [0.29, 0.717) is 10.0 Å². The number of aliphatic hydroxyl groups excluding tert-OH is 1. The Hall–Kier alpha value is -0.550. The van der Waals surface area contributed by atoms with Gasteiger partial charge in [0.15, 0.2) is 0 Å². The topological polar surface area (TPSA) is 20.2 Å². The molecule has 1 unspecified atom stereocenters. The Labute approximate surface area is 112 Å². The van der Waals surface area contributed by atoms with E-state index in [2.05, 4.69) is 15.9 Å². The van der Waals surface area contributed by atoms with Gasteiger partial charge in [-0.25, -0.2) is 0 Å². The molecule has 1 fully saturated rings. The minimum atomic E-state index is -4.37. The molecule has 0 spiro atoms. The first-order chi connectivity index (χ1) is 8.39. The number of hydrogen-bond acceptors (Lipinski definition) is 1. The van der Waals surface area contributed by atoms with Crippen molar-refractivity contribution in [2.75, 3.05) is 0 Å². The van der Waals surface area contributed by atoms with Crippen LogP contribution in [-0.4, -0.2) is 5.11 Å². The fourth-order valence-electron chi connectivity index (χ4n) is 2.47. The molecule has 1 aliphatic rings. The molecular formula is C13H14BrF3O.